The van der Waals surface area contributed by atoms with Gasteiger partial charge in [0.2, 0.25) is 0 Å². The molecule has 0 radical (unpaired) electrons. The molecule has 7 nitrogen and oxygen atoms in total. The van der Waals surface area contributed by atoms with Crippen LogP contribution in [0.2, 0.25) is 0 Å². The van der Waals surface area contributed by atoms with E-state index in [0.29, 0.717) is 28.7 Å². The highest BCUT2D eigenvalue weighted by atomic mass is 19.3. The normalized spacial score (nSPS) is 14.2. The molecule has 1 aliphatic rings. The molecule has 0 bridgehead atoms. The predicted molar refractivity (Wildman–Crippen MR) is 99.8 cm³/mol. The van der Waals surface area contributed by atoms with E-state index in [2.05, 4.69) is 19.9 Å². The summed E-state index contributed by atoms with van der Waals surface area (Å²) in [5.41, 5.74) is 2.54. The van der Waals surface area contributed by atoms with E-state index >= 15 is 0 Å². The van der Waals surface area contributed by atoms with Gasteiger partial charge in [-0.05, 0) is 45.1 Å². The average molecular weight is 390 g/mol. The summed E-state index contributed by atoms with van der Waals surface area (Å²) in [5.74, 6) is 0.261. The molecule has 2 aromatic heterocycles. The number of aromatic amines is 2. The molecule has 2 heterocycles. The molecule has 4 rings (SSSR count). The third kappa shape index (κ3) is 3.70. The van der Waals surface area contributed by atoms with Crippen molar-refractivity contribution in [1.82, 2.24) is 20.1 Å². The second-order valence-electron chi connectivity index (χ2n) is 7.06. The summed E-state index contributed by atoms with van der Waals surface area (Å²) in [6, 6.07) is 4.80. The molecule has 0 unspecified atom stereocenters. The standard InChI is InChI=1S/C19H20F2N4O3/c1-25(2)9-12-16-13(8-22-24-18(16)26)23-17(12)10-3-6-14(28-19(20)21)15(7-10)27-11-4-5-11/h3,6-8,11,19,23H,4-5,9H2,1-2H3,(H,24,26). The number of rotatable bonds is 7. The lowest BCUT2D eigenvalue weighted by Crippen LogP contribution is -2.14. The van der Waals surface area contributed by atoms with Gasteiger partial charge in [0.15, 0.2) is 11.5 Å². The first kappa shape index (κ1) is 18.4. The predicted octanol–water partition coefficient (Wildman–Crippen LogP) is 3.12. The molecule has 1 aromatic carbocycles. The molecular formula is C19H20F2N4O3. The molecule has 0 spiro atoms. The highest BCUT2D eigenvalue weighted by Crippen LogP contribution is 2.39. The van der Waals surface area contributed by atoms with E-state index in [9.17, 15) is 13.6 Å². The Morgan fingerprint density at radius 1 is 1.29 bits per heavy atom. The Balaban J connectivity index is 1.84. The van der Waals surface area contributed by atoms with Crippen LogP contribution in [0.15, 0.2) is 29.2 Å². The molecular weight excluding hydrogens is 370 g/mol. The quantitative estimate of drug-likeness (QED) is 0.648. The number of H-pyrrole nitrogens is 2. The van der Waals surface area contributed by atoms with Gasteiger partial charge in [-0.25, -0.2) is 5.10 Å². The monoisotopic (exact) mass is 390 g/mol. The maximum absolute atomic E-state index is 12.7. The van der Waals surface area contributed by atoms with Gasteiger partial charge in [0.1, 0.15) is 0 Å². The maximum atomic E-state index is 12.7. The molecule has 9 heteroatoms. The number of hydrogen-bond donors (Lipinski definition) is 2. The van der Waals surface area contributed by atoms with Crippen LogP contribution in [0.4, 0.5) is 8.78 Å². The lowest BCUT2D eigenvalue weighted by molar-refractivity contribution is -0.0516. The summed E-state index contributed by atoms with van der Waals surface area (Å²) < 4.78 is 35.8. The summed E-state index contributed by atoms with van der Waals surface area (Å²) in [6.45, 7) is -2.43. The van der Waals surface area contributed by atoms with Crippen LogP contribution in [-0.2, 0) is 6.54 Å². The molecule has 1 aliphatic carbocycles. The summed E-state index contributed by atoms with van der Waals surface area (Å²) in [6.07, 6.45) is 3.34. The lowest BCUT2D eigenvalue weighted by atomic mass is 10.0. The van der Waals surface area contributed by atoms with Crippen LogP contribution in [0.1, 0.15) is 18.4 Å². The number of hydrogen-bond acceptors (Lipinski definition) is 5. The van der Waals surface area contributed by atoms with E-state index in [0.717, 1.165) is 18.4 Å². The summed E-state index contributed by atoms with van der Waals surface area (Å²) in [7, 11) is 3.80. The van der Waals surface area contributed by atoms with Crippen LogP contribution < -0.4 is 15.0 Å². The number of ether oxygens (including phenoxy) is 2. The molecule has 0 amide bonds. The minimum absolute atomic E-state index is 0.00423. The lowest BCUT2D eigenvalue weighted by Gasteiger charge is -2.15. The fourth-order valence-electron chi connectivity index (χ4n) is 3.16. The van der Waals surface area contributed by atoms with Crippen LogP contribution in [0.3, 0.4) is 0 Å². The van der Waals surface area contributed by atoms with Gasteiger partial charge in [-0.15, -0.1) is 0 Å². The minimum atomic E-state index is -2.94. The van der Waals surface area contributed by atoms with Crippen LogP contribution in [0.25, 0.3) is 22.2 Å². The fraction of sp³-hybridized carbons (Fsp3) is 0.368. The van der Waals surface area contributed by atoms with Crippen molar-refractivity contribution in [2.24, 2.45) is 0 Å². The smallest absolute Gasteiger partial charge is 0.387 e. The summed E-state index contributed by atoms with van der Waals surface area (Å²) in [4.78, 5) is 17.5. The molecule has 28 heavy (non-hydrogen) atoms. The molecule has 0 saturated heterocycles. The van der Waals surface area contributed by atoms with Crippen LogP contribution in [0.5, 0.6) is 11.5 Å². The molecule has 148 valence electrons. The van der Waals surface area contributed by atoms with E-state index in [1.165, 1.54) is 6.07 Å². The number of nitrogens with zero attached hydrogens (tertiary/aromatic N) is 2. The first-order chi connectivity index (χ1) is 13.4. The number of aromatic nitrogens is 3. The van der Waals surface area contributed by atoms with Gasteiger partial charge in [-0.3, -0.25) is 4.79 Å². The van der Waals surface area contributed by atoms with Gasteiger partial charge in [-0.1, -0.05) is 0 Å². The zero-order valence-corrected chi connectivity index (χ0v) is 15.5. The van der Waals surface area contributed by atoms with Crippen molar-refractivity contribution in [2.75, 3.05) is 14.1 Å². The van der Waals surface area contributed by atoms with Gasteiger partial charge < -0.3 is 19.4 Å². The van der Waals surface area contributed by atoms with E-state index in [-0.39, 0.29) is 23.2 Å². The molecule has 3 aromatic rings. The van der Waals surface area contributed by atoms with E-state index in [1.807, 2.05) is 19.0 Å². The molecule has 1 fully saturated rings. The van der Waals surface area contributed by atoms with Gasteiger partial charge >= 0.3 is 6.61 Å². The maximum Gasteiger partial charge on any atom is 0.387 e. The van der Waals surface area contributed by atoms with Gasteiger partial charge in [0, 0.05) is 17.7 Å². The number of nitrogens with one attached hydrogen (secondary N) is 2. The van der Waals surface area contributed by atoms with E-state index < -0.39 is 6.61 Å². The third-order valence-electron chi connectivity index (χ3n) is 4.46. The first-order valence-corrected chi connectivity index (χ1v) is 8.91. The van der Waals surface area contributed by atoms with Crippen LogP contribution in [-0.4, -0.2) is 46.9 Å². The van der Waals surface area contributed by atoms with Crippen LogP contribution in [0, 0.1) is 0 Å². The topological polar surface area (TPSA) is 83.2 Å². The van der Waals surface area contributed by atoms with Crippen LogP contribution >= 0.6 is 0 Å². The number of halogens is 2. The molecule has 1 saturated carbocycles. The fourth-order valence-corrected chi connectivity index (χ4v) is 3.16. The van der Waals surface area contributed by atoms with Gasteiger partial charge in [-0.2, -0.15) is 13.9 Å². The van der Waals surface area contributed by atoms with E-state index in [4.69, 9.17) is 4.74 Å². The van der Waals surface area contributed by atoms with Crippen molar-refractivity contribution < 1.29 is 18.3 Å². The third-order valence-corrected chi connectivity index (χ3v) is 4.46. The van der Waals surface area contributed by atoms with Gasteiger partial charge in [0.25, 0.3) is 5.56 Å². The second-order valence-corrected chi connectivity index (χ2v) is 7.06. The van der Waals surface area contributed by atoms with Gasteiger partial charge in [0.05, 0.1) is 28.9 Å². The highest BCUT2D eigenvalue weighted by molar-refractivity contribution is 5.89. The zero-order chi connectivity index (χ0) is 19.8. The Morgan fingerprint density at radius 2 is 2.07 bits per heavy atom. The first-order valence-electron chi connectivity index (χ1n) is 8.91. The second kappa shape index (κ2) is 7.23. The Labute approximate surface area is 159 Å². The summed E-state index contributed by atoms with van der Waals surface area (Å²) in [5, 5.41) is 6.82. The highest BCUT2D eigenvalue weighted by Gasteiger charge is 2.26. The zero-order valence-electron chi connectivity index (χ0n) is 15.5. The van der Waals surface area contributed by atoms with Crippen molar-refractivity contribution >= 4 is 10.9 Å². The number of alkyl halides is 2. The number of fused-ring (bicyclic) bond motifs is 1. The molecule has 2 N–H and O–H groups in total. The Hall–Kier alpha value is -2.94. The van der Waals surface area contributed by atoms with Crippen molar-refractivity contribution in [3.8, 4) is 22.8 Å². The van der Waals surface area contributed by atoms with Crippen molar-refractivity contribution in [3.63, 3.8) is 0 Å². The Bertz CT molecular complexity index is 1060. The average Bonchev–Trinajstić information content (AvgIpc) is 3.36. The largest absolute Gasteiger partial charge is 0.487 e. The van der Waals surface area contributed by atoms with E-state index in [1.54, 1.807) is 18.3 Å². The van der Waals surface area contributed by atoms with Crippen molar-refractivity contribution in [3.05, 3.63) is 40.3 Å². The molecule has 0 aliphatic heterocycles. The number of benzene rings is 1. The van der Waals surface area contributed by atoms with Crippen molar-refractivity contribution in [1.29, 1.82) is 0 Å². The molecule has 0 atom stereocenters. The van der Waals surface area contributed by atoms with Crippen molar-refractivity contribution in [2.45, 2.75) is 32.1 Å². The summed E-state index contributed by atoms with van der Waals surface area (Å²) >= 11 is 0. The Kier molecular flexibility index (Phi) is 4.76. The minimum Gasteiger partial charge on any atom is -0.487 e. The Morgan fingerprint density at radius 3 is 2.75 bits per heavy atom. The SMILES string of the molecule is CN(C)Cc1c(-c2ccc(OC(F)F)c(OC3CC3)c2)[nH]c2cn[nH]c(=O)c12.